The molecule has 1 fully saturated rings. The zero-order chi connectivity index (χ0) is 11.0. The summed E-state index contributed by atoms with van der Waals surface area (Å²) in [5.74, 6) is 0.178. The van der Waals surface area contributed by atoms with Gasteiger partial charge in [0.05, 0.1) is 11.9 Å². The van der Waals surface area contributed by atoms with Crippen LogP contribution in [0.4, 0.5) is 0 Å². The molecule has 0 aromatic heterocycles. The Balaban J connectivity index is 2.88. The second-order valence-corrected chi connectivity index (χ2v) is 6.84. The fourth-order valence-corrected chi connectivity index (χ4v) is 3.55. The maximum absolute atomic E-state index is 11.4. The van der Waals surface area contributed by atoms with Crippen molar-refractivity contribution in [2.45, 2.75) is 25.0 Å². The van der Waals surface area contributed by atoms with Crippen LogP contribution in [0.5, 0.6) is 0 Å². The van der Waals surface area contributed by atoms with Gasteiger partial charge >= 0.3 is 0 Å². The average molecular weight is 221 g/mol. The van der Waals surface area contributed by atoms with Gasteiger partial charge in [0.25, 0.3) is 0 Å². The summed E-state index contributed by atoms with van der Waals surface area (Å²) in [6.45, 7) is 2.31. The van der Waals surface area contributed by atoms with Crippen molar-refractivity contribution in [1.82, 2.24) is 0 Å². The van der Waals surface area contributed by atoms with E-state index in [0.717, 1.165) is 0 Å². The first-order valence-corrected chi connectivity index (χ1v) is 6.81. The van der Waals surface area contributed by atoms with E-state index in [9.17, 15) is 13.5 Å². The van der Waals surface area contributed by atoms with Gasteiger partial charge in [-0.1, -0.05) is 6.92 Å². The number of hydrogen-bond acceptors (Lipinski definition) is 4. The van der Waals surface area contributed by atoms with E-state index in [1.54, 1.807) is 0 Å². The summed E-state index contributed by atoms with van der Waals surface area (Å²) in [4.78, 5) is 0. The van der Waals surface area contributed by atoms with Gasteiger partial charge in [0.1, 0.15) is 9.84 Å². The standard InChI is InChI=1S/C9H19NO3S/c1-7-3-8(14(2,12)13)4-9(7,5-10)6-11/h7-8,11H,3-6,10H2,1-2H3/t7-,8-,9+/m1/s1. The minimum atomic E-state index is -2.99. The molecule has 0 amide bonds. The highest BCUT2D eigenvalue weighted by Crippen LogP contribution is 2.44. The fourth-order valence-electron chi connectivity index (χ4n) is 2.28. The summed E-state index contributed by atoms with van der Waals surface area (Å²) >= 11 is 0. The highest BCUT2D eigenvalue weighted by atomic mass is 32.2. The molecule has 0 radical (unpaired) electrons. The molecule has 1 aliphatic rings. The van der Waals surface area contributed by atoms with Crippen molar-refractivity contribution in [1.29, 1.82) is 0 Å². The average Bonchev–Trinajstić information content (AvgIpc) is 2.43. The molecule has 1 aliphatic carbocycles. The van der Waals surface area contributed by atoms with Crippen LogP contribution in [0.25, 0.3) is 0 Å². The van der Waals surface area contributed by atoms with Gasteiger partial charge in [0.15, 0.2) is 0 Å². The summed E-state index contributed by atoms with van der Waals surface area (Å²) in [5.41, 5.74) is 5.24. The summed E-state index contributed by atoms with van der Waals surface area (Å²) < 4.78 is 22.8. The third kappa shape index (κ3) is 1.94. The van der Waals surface area contributed by atoms with Crippen LogP contribution in [-0.4, -0.2) is 38.2 Å². The number of rotatable bonds is 3. The monoisotopic (exact) mass is 221 g/mol. The maximum Gasteiger partial charge on any atom is 0.150 e. The van der Waals surface area contributed by atoms with Crippen molar-refractivity contribution < 1.29 is 13.5 Å². The van der Waals surface area contributed by atoms with Crippen molar-refractivity contribution in [3.63, 3.8) is 0 Å². The molecule has 5 heteroatoms. The largest absolute Gasteiger partial charge is 0.396 e. The normalized spacial score (nSPS) is 38.9. The van der Waals surface area contributed by atoms with E-state index >= 15 is 0 Å². The van der Waals surface area contributed by atoms with E-state index in [2.05, 4.69) is 0 Å². The van der Waals surface area contributed by atoms with Gasteiger partial charge in [-0.3, -0.25) is 0 Å². The zero-order valence-electron chi connectivity index (χ0n) is 8.73. The molecule has 84 valence electrons. The second-order valence-electron chi connectivity index (χ2n) is 4.52. The number of aliphatic hydroxyl groups excluding tert-OH is 1. The Labute approximate surface area is 85.4 Å². The lowest BCUT2D eigenvalue weighted by Gasteiger charge is -2.29. The smallest absolute Gasteiger partial charge is 0.150 e. The van der Waals surface area contributed by atoms with Gasteiger partial charge in [-0.15, -0.1) is 0 Å². The molecule has 4 nitrogen and oxygen atoms in total. The van der Waals surface area contributed by atoms with Gasteiger partial charge in [-0.05, 0) is 18.8 Å². The first-order valence-electron chi connectivity index (χ1n) is 4.85. The van der Waals surface area contributed by atoms with Gasteiger partial charge in [0, 0.05) is 18.2 Å². The van der Waals surface area contributed by atoms with Crippen LogP contribution in [0.1, 0.15) is 19.8 Å². The summed E-state index contributed by atoms with van der Waals surface area (Å²) in [6.07, 6.45) is 2.38. The van der Waals surface area contributed by atoms with Gasteiger partial charge in [-0.25, -0.2) is 8.42 Å². The van der Waals surface area contributed by atoms with Crippen molar-refractivity contribution in [3.05, 3.63) is 0 Å². The van der Waals surface area contributed by atoms with Crippen LogP contribution < -0.4 is 5.73 Å². The molecule has 1 saturated carbocycles. The molecule has 0 heterocycles. The third-order valence-electron chi connectivity index (χ3n) is 3.62. The van der Waals surface area contributed by atoms with E-state index in [1.807, 2.05) is 6.92 Å². The molecule has 1 rings (SSSR count). The van der Waals surface area contributed by atoms with E-state index in [-0.39, 0.29) is 23.2 Å². The molecule has 0 bridgehead atoms. The SMILES string of the molecule is C[C@@H]1C[C@@H](S(C)(=O)=O)C[C@]1(CN)CO. The molecular formula is C9H19NO3S. The Hall–Kier alpha value is -0.130. The van der Waals surface area contributed by atoms with Crippen LogP contribution in [-0.2, 0) is 9.84 Å². The Morgan fingerprint density at radius 1 is 1.57 bits per heavy atom. The van der Waals surface area contributed by atoms with Crippen molar-refractivity contribution >= 4 is 9.84 Å². The van der Waals surface area contributed by atoms with Crippen LogP contribution in [0.3, 0.4) is 0 Å². The Morgan fingerprint density at radius 3 is 2.36 bits per heavy atom. The van der Waals surface area contributed by atoms with Crippen molar-refractivity contribution in [3.8, 4) is 0 Å². The molecular weight excluding hydrogens is 202 g/mol. The first kappa shape index (κ1) is 11.9. The molecule has 0 aromatic rings. The highest BCUT2D eigenvalue weighted by Gasteiger charge is 2.46. The molecule has 14 heavy (non-hydrogen) atoms. The summed E-state index contributed by atoms with van der Waals surface area (Å²) in [7, 11) is -2.99. The Morgan fingerprint density at radius 2 is 2.14 bits per heavy atom. The second kappa shape index (κ2) is 3.79. The topological polar surface area (TPSA) is 80.4 Å². The maximum atomic E-state index is 11.4. The van der Waals surface area contributed by atoms with E-state index in [0.29, 0.717) is 19.4 Å². The lowest BCUT2D eigenvalue weighted by atomic mass is 9.80. The van der Waals surface area contributed by atoms with Crippen molar-refractivity contribution in [2.75, 3.05) is 19.4 Å². The number of nitrogens with two attached hydrogens (primary N) is 1. The van der Waals surface area contributed by atoms with Gasteiger partial charge in [0.2, 0.25) is 0 Å². The molecule has 0 aromatic carbocycles. The number of aliphatic hydroxyl groups is 1. The molecule has 3 N–H and O–H groups in total. The first-order chi connectivity index (χ1) is 6.35. The third-order valence-corrected chi connectivity index (χ3v) is 5.19. The van der Waals surface area contributed by atoms with Crippen LogP contribution in [0.2, 0.25) is 0 Å². The minimum Gasteiger partial charge on any atom is -0.396 e. The van der Waals surface area contributed by atoms with E-state index in [1.165, 1.54) is 6.26 Å². The van der Waals surface area contributed by atoms with Crippen LogP contribution in [0, 0.1) is 11.3 Å². The highest BCUT2D eigenvalue weighted by molar-refractivity contribution is 7.91. The Kier molecular flexibility index (Phi) is 3.23. The molecule has 3 atom stereocenters. The minimum absolute atomic E-state index is 0.0172. The predicted molar refractivity (Wildman–Crippen MR) is 55.6 cm³/mol. The van der Waals surface area contributed by atoms with E-state index in [4.69, 9.17) is 5.73 Å². The summed E-state index contributed by atoms with van der Waals surface area (Å²) in [6, 6.07) is 0. The predicted octanol–water partition coefficient (Wildman–Crippen LogP) is -0.233. The summed E-state index contributed by atoms with van der Waals surface area (Å²) in [5, 5.41) is 8.97. The molecule has 0 unspecified atom stereocenters. The molecule has 0 aliphatic heterocycles. The quantitative estimate of drug-likeness (QED) is 0.689. The fraction of sp³-hybridized carbons (Fsp3) is 1.00. The zero-order valence-corrected chi connectivity index (χ0v) is 9.55. The number of sulfone groups is 1. The molecule has 0 spiro atoms. The Bertz CT molecular complexity index is 295. The van der Waals surface area contributed by atoms with E-state index < -0.39 is 9.84 Å². The lowest BCUT2D eigenvalue weighted by Crippen LogP contribution is -2.37. The van der Waals surface area contributed by atoms with Crippen molar-refractivity contribution in [2.24, 2.45) is 17.1 Å². The van der Waals surface area contributed by atoms with Gasteiger partial charge in [-0.2, -0.15) is 0 Å². The number of hydrogen-bond donors (Lipinski definition) is 2. The van der Waals surface area contributed by atoms with Crippen LogP contribution >= 0.6 is 0 Å². The molecule has 0 saturated heterocycles. The lowest BCUT2D eigenvalue weighted by molar-refractivity contribution is 0.0996. The van der Waals surface area contributed by atoms with Crippen LogP contribution in [0.15, 0.2) is 0 Å². The van der Waals surface area contributed by atoms with Gasteiger partial charge < -0.3 is 10.8 Å².